The van der Waals surface area contributed by atoms with Crippen molar-refractivity contribution in [1.29, 1.82) is 0 Å². The Balaban J connectivity index is 2.08. The van der Waals surface area contributed by atoms with Gasteiger partial charge < -0.3 is 4.52 Å². The Morgan fingerprint density at radius 2 is 2.29 bits per heavy atom. The van der Waals surface area contributed by atoms with E-state index in [1.807, 2.05) is 24.3 Å². The smallest absolute Gasteiger partial charge is 0.234 e. The molecule has 1 aromatic heterocycles. The van der Waals surface area contributed by atoms with E-state index in [2.05, 4.69) is 26.1 Å². The molecular formula is C12H11BrN2O2. The number of hydrogen-bond donors (Lipinski definition) is 0. The molecular weight excluding hydrogens is 284 g/mol. The van der Waals surface area contributed by atoms with Gasteiger partial charge in [-0.05, 0) is 24.6 Å². The minimum absolute atomic E-state index is 0.0163. The molecule has 0 fully saturated rings. The van der Waals surface area contributed by atoms with Crippen LogP contribution in [0, 0.1) is 0 Å². The molecule has 17 heavy (non-hydrogen) atoms. The van der Waals surface area contributed by atoms with Crippen molar-refractivity contribution < 1.29 is 9.32 Å². The van der Waals surface area contributed by atoms with E-state index >= 15 is 0 Å². The third-order valence-electron chi connectivity index (χ3n) is 2.16. The first-order valence-electron chi connectivity index (χ1n) is 5.19. The first kappa shape index (κ1) is 12.0. The second-order valence-corrected chi connectivity index (χ2v) is 4.71. The molecule has 5 heteroatoms. The maximum Gasteiger partial charge on any atom is 0.234 e. The number of ketones is 1. The highest BCUT2D eigenvalue weighted by molar-refractivity contribution is 9.10. The lowest BCUT2D eigenvalue weighted by Gasteiger charge is -1.96. The number of Topliss-reactive ketones (excluding diaryl/α,β-unsaturated/α-hetero) is 1. The summed E-state index contributed by atoms with van der Waals surface area (Å²) in [6, 6.07) is 7.91. The van der Waals surface area contributed by atoms with Crippen LogP contribution in [0.1, 0.15) is 24.2 Å². The molecule has 0 atom stereocenters. The number of carbonyl (C=O) groups excluding carboxylic acids is 1. The Morgan fingerprint density at radius 1 is 1.47 bits per heavy atom. The van der Waals surface area contributed by atoms with Crippen molar-refractivity contribution >= 4 is 21.7 Å². The van der Waals surface area contributed by atoms with E-state index in [9.17, 15) is 4.79 Å². The summed E-state index contributed by atoms with van der Waals surface area (Å²) in [5, 5.41) is 3.84. The van der Waals surface area contributed by atoms with Gasteiger partial charge in [-0.3, -0.25) is 4.79 Å². The number of nitrogens with zero attached hydrogens (tertiary/aromatic N) is 2. The maximum absolute atomic E-state index is 10.9. The number of aromatic nitrogens is 2. The van der Waals surface area contributed by atoms with Gasteiger partial charge in [-0.1, -0.05) is 33.2 Å². The van der Waals surface area contributed by atoms with E-state index in [4.69, 9.17) is 4.52 Å². The summed E-state index contributed by atoms with van der Waals surface area (Å²) in [4.78, 5) is 15.1. The van der Waals surface area contributed by atoms with Gasteiger partial charge in [-0.2, -0.15) is 4.98 Å². The molecule has 1 aromatic carbocycles. The quantitative estimate of drug-likeness (QED) is 0.870. The molecule has 0 saturated heterocycles. The van der Waals surface area contributed by atoms with Gasteiger partial charge in [0.2, 0.25) is 5.89 Å². The number of halogens is 1. The van der Waals surface area contributed by atoms with Gasteiger partial charge in [0.05, 0.1) is 6.42 Å². The molecule has 0 aliphatic carbocycles. The van der Waals surface area contributed by atoms with E-state index in [0.717, 1.165) is 10.0 Å². The molecule has 88 valence electrons. The zero-order valence-corrected chi connectivity index (χ0v) is 10.9. The fourth-order valence-corrected chi connectivity index (χ4v) is 1.92. The Labute approximate surface area is 107 Å². The van der Waals surface area contributed by atoms with Crippen LogP contribution in [0.5, 0.6) is 0 Å². The Kier molecular flexibility index (Phi) is 3.68. The number of rotatable bonds is 4. The van der Waals surface area contributed by atoms with Crippen LogP contribution in [0.15, 0.2) is 33.3 Å². The van der Waals surface area contributed by atoms with Crippen molar-refractivity contribution in [2.75, 3.05) is 0 Å². The van der Waals surface area contributed by atoms with Crippen molar-refractivity contribution in [2.45, 2.75) is 19.8 Å². The van der Waals surface area contributed by atoms with Gasteiger partial charge in [0.1, 0.15) is 5.78 Å². The lowest BCUT2D eigenvalue weighted by Crippen LogP contribution is -1.97. The zero-order valence-electron chi connectivity index (χ0n) is 9.31. The van der Waals surface area contributed by atoms with E-state index in [-0.39, 0.29) is 12.2 Å². The molecule has 0 N–H and O–H groups in total. The van der Waals surface area contributed by atoms with Crippen LogP contribution in [0.25, 0.3) is 0 Å². The predicted octanol–water partition coefficient (Wildman–Crippen LogP) is 2.55. The molecule has 0 bridgehead atoms. The van der Waals surface area contributed by atoms with Crippen LogP contribution >= 0.6 is 15.9 Å². The minimum Gasteiger partial charge on any atom is -0.339 e. The van der Waals surface area contributed by atoms with Crippen LogP contribution in [0.2, 0.25) is 0 Å². The van der Waals surface area contributed by atoms with Gasteiger partial charge in [0, 0.05) is 10.9 Å². The molecule has 0 saturated carbocycles. The number of hydrogen-bond acceptors (Lipinski definition) is 4. The molecule has 0 unspecified atom stereocenters. The highest BCUT2D eigenvalue weighted by Gasteiger charge is 2.08. The second kappa shape index (κ2) is 5.23. The Hall–Kier alpha value is -1.49. The molecule has 2 rings (SSSR count). The van der Waals surface area contributed by atoms with Crippen LogP contribution in [0.4, 0.5) is 0 Å². The minimum atomic E-state index is 0.0163. The standard InChI is InChI=1S/C12H11BrN2O2/c1-8(16)5-12-14-11(15-17-12)7-9-3-2-4-10(13)6-9/h2-4,6H,5,7H2,1H3. The van der Waals surface area contributed by atoms with Gasteiger partial charge in [-0.25, -0.2) is 0 Å². The normalized spacial score (nSPS) is 10.5. The summed E-state index contributed by atoms with van der Waals surface area (Å²) in [6.45, 7) is 1.50. The van der Waals surface area contributed by atoms with Crippen molar-refractivity contribution in [3.8, 4) is 0 Å². The van der Waals surface area contributed by atoms with Gasteiger partial charge in [0.15, 0.2) is 5.82 Å². The largest absolute Gasteiger partial charge is 0.339 e. The summed E-state index contributed by atoms with van der Waals surface area (Å²) < 4.78 is 6.00. The van der Waals surface area contributed by atoms with E-state index < -0.39 is 0 Å². The Bertz CT molecular complexity index is 537. The molecule has 0 spiro atoms. The van der Waals surface area contributed by atoms with Crippen LogP contribution in [0.3, 0.4) is 0 Å². The van der Waals surface area contributed by atoms with Gasteiger partial charge in [-0.15, -0.1) is 0 Å². The van der Waals surface area contributed by atoms with Crippen molar-refractivity contribution in [3.05, 3.63) is 46.0 Å². The summed E-state index contributed by atoms with van der Waals surface area (Å²) >= 11 is 3.40. The van der Waals surface area contributed by atoms with Crippen LogP contribution in [-0.2, 0) is 17.6 Å². The lowest BCUT2D eigenvalue weighted by molar-refractivity contribution is -0.116. The lowest BCUT2D eigenvalue weighted by atomic mass is 10.1. The third kappa shape index (κ3) is 3.49. The summed E-state index contributed by atoms with van der Waals surface area (Å²) in [5.74, 6) is 0.990. The molecule has 0 aliphatic rings. The second-order valence-electron chi connectivity index (χ2n) is 3.79. The van der Waals surface area contributed by atoms with Crippen molar-refractivity contribution in [1.82, 2.24) is 10.1 Å². The molecule has 4 nitrogen and oxygen atoms in total. The van der Waals surface area contributed by atoms with Crippen LogP contribution in [-0.4, -0.2) is 15.9 Å². The first-order chi connectivity index (χ1) is 8.13. The fourth-order valence-electron chi connectivity index (χ4n) is 1.48. The van der Waals surface area contributed by atoms with E-state index in [0.29, 0.717) is 18.1 Å². The van der Waals surface area contributed by atoms with Gasteiger partial charge in [0.25, 0.3) is 0 Å². The van der Waals surface area contributed by atoms with Crippen LogP contribution < -0.4 is 0 Å². The average molecular weight is 295 g/mol. The molecule has 2 aromatic rings. The number of carbonyl (C=O) groups is 1. The average Bonchev–Trinajstić information content (AvgIpc) is 2.64. The van der Waals surface area contributed by atoms with Crippen molar-refractivity contribution in [3.63, 3.8) is 0 Å². The summed E-state index contributed by atoms with van der Waals surface area (Å²) in [5.41, 5.74) is 1.09. The SMILES string of the molecule is CC(=O)Cc1nc(Cc2cccc(Br)c2)no1. The molecule has 0 radical (unpaired) electrons. The fraction of sp³-hybridized carbons (Fsp3) is 0.250. The third-order valence-corrected chi connectivity index (χ3v) is 2.65. The summed E-state index contributed by atoms with van der Waals surface area (Å²) in [7, 11) is 0. The zero-order chi connectivity index (χ0) is 12.3. The summed E-state index contributed by atoms with van der Waals surface area (Å²) in [6.07, 6.45) is 0.798. The predicted molar refractivity (Wildman–Crippen MR) is 65.6 cm³/mol. The monoisotopic (exact) mass is 294 g/mol. The highest BCUT2D eigenvalue weighted by atomic mass is 79.9. The first-order valence-corrected chi connectivity index (χ1v) is 5.98. The highest BCUT2D eigenvalue weighted by Crippen LogP contribution is 2.14. The van der Waals surface area contributed by atoms with E-state index in [1.54, 1.807) is 0 Å². The molecule has 1 heterocycles. The van der Waals surface area contributed by atoms with E-state index in [1.165, 1.54) is 6.92 Å². The maximum atomic E-state index is 10.9. The Morgan fingerprint density at radius 3 is 3.00 bits per heavy atom. The molecule has 0 aliphatic heterocycles. The molecule has 0 amide bonds. The number of benzene rings is 1. The van der Waals surface area contributed by atoms with Crippen molar-refractivity contribution in [2.24, 2.45) is 0 Å². The topological polar surface area (TPSA) is 56.0 Å². The van der Waals surface area contributed by atoms with Gasteiger partial charge >= 0.3 is 0 Å².